The first-order valence-corrected chi connectivity index (χ1v) is 8.63. The molecule has 7 nitrogen and oxygen atoms in total. The van der Waals surface area contributed by atoms with Crippen LogP contribution in [0.4, 0.5) is 11.6 Å². The predicted octanol–water partition coefficient (Wildman–Crippen LogP) is 2.93. The number of likely N-dealkylation sites (tertiary alicyclic amines) is 1. The number of aromatic amines is 1. The lowest BCUT2D eigenvalue weighted by Crippen LogP contribution is -2.35. The van der Waals surface area contributed by atoms with E-state index in [0.717, 1.165) is 43.9 Å². The van der Waals surface area contributed by atoms with Crippen LogP contribution < -0.4 is 10.1 Å². The molecule has 1 fully saturated rings. The van der Waals surface area contributed by atoms with E-state index in [1.165, 1.54) is 0 Å². The summed E-state index contributed by atoms with van der Waals surface area (Å²) >= 11 is 0. The van der Waals surface area contributed by atoms with Gasteiger partial charge in [0.25, 0.3) is 0 Å². The van der Waals surface area contributed by atoms with Gasteiger partial charge in [0, 0.05) is 24.8 Å². The zero-order valence-electron chi connectivity index (χ0n) is 14.6. The van der Waals surface area contributed by atoms with Crippen LogP contribution in [0, 0.1) is 0 Å². The number of aromatic nitrogens is 4. The molecule has 1 aliphatic heterocycles. The molecule has 0 unspecified atom stereocenters. The van der Waals surface area contributed by atoms with Crippen LogP contribution in [-0.4, -0.2) is 51.3 Å². The van der Waals surface area contributed by atoms with Crippen LogP contribution in [0.25, 0.3) is 0 Å². The van der Waals surface area contributed by atoms with Crippen LogP contribution in [0.3, 0.4) is 0 Å². The molecule has 0 radical (unpaired) electrons. The van der Waals surface area contributed by atoms with Crippen molar-refractivity contribution in [3.8, 4) is 5.88 Å². The number of nitrogens with zero attached hydrogens (tertiary/aromatic N) is 4. The van der Waals surface area contributed by atoms with Gasteiger partial charge in [-0.25, -0.2) is 0 Å². The summed E-state index contributed by atoms with van der Waals surface area (Å²) in [7, 11) is 2.14. The van der Waals surface area contributed by atoms with Crippen molar-refractivity contribution in [2.45, 2.75) is 45.1 Å². The molecule has 0 aromatic carbocycles. The van der Waals surface area contributed by atoms with Gasteiger partial charge in [0.15, 0.2) is 11.6 Å². The first-order chi connectivity index (χ1) is 11.6. The van der Waals surface area contributed by atoms with Gasteiger partial charge < -0.3 is 15.0 Å². The molecule has 0 amide bonds. The standard InChI is InChI=1S/C17H26N6O/c1-4-12(2)14-9-15(22-21-14)19-16-10-18-11-17(20-16)24-13-5-7-23(3)8-6-13/h9-13H,4-8H2,1-3H3,(H2,19,20,21,22)/t12-/m0/s1. The van der Waals surface area contributed by atoms with E-state index in [9.17, 15) is 0 Å². The summed E-state index contributed by atoms with van der Waals surface area (Å²) in [6.07, 6.45) is 6.67. The minimum absolute atomic E-state index is 0.216. The maximum absolute atomic E-state index is 5.97. The Kier molecular flexibility index (Phi) is 5.30. The van der Waals surface area contributed by atoms with E-state index in [1.807, 2.05) is 6.07 Å². The smallest absolute Gasteiger partial charge is 0.234 e. The second-order valence-electron chi connectivity index (χ2n) is 6.51. The highest BCUT2D eigenvalue weighted by atomic mass is 16.5. The van der Waals surface area contributed by atoms with Gasteiger partial charge in [0.05, 0.1) is 12.4 Å². The van der Waals surface area contributed by atoms with Gasteiger partial charge in [-0.15, -0.1) is 0 Å². The molecular weight excluding hydrogens is 304 g/mol. The lowest BCUT2D eigenvalue weighted by atomic mass is 10.1. The van der Waals surface area contributed by atoms with E-state index >= 15 is 0 Å². The van der Waals surface area contributed by atoms with E-state index in [2.05, 4.69) is 51.3 Å². The van der Waals surface area contributed by atoms with Crippen molar-refractivity contribution >= 4 is 11.6 Å². The lowest BCUT2D eigenvalue weighted by Gasteiger charge is -2.28. The van der Waals surface area contributed by atoms with Crippen LogP contribution in [0.2, 0.25) is 0 Å². The van der Waals surface area contributed by atoms with Crippen LogP contribution >= 0.6 is 0 Å². The van der Waals surface area contributed by atoms with Gasteiger partial charge >= 0.3 is 0 Å². The zero-order valence-corrected chi connectivity index (χ0v) is 14.6. The first kappa shape index (κ1) is 16.7. The number of anilines is 2. The fraction of sp³-hybridized carbons (Fsp3) is 0.588. The highest BCUT2D eigenvalue weighted by molar-refractivity contribution is 5.51. The van der Waals surface area contributed by atoms with Crippen LogP contribution in [0.15, 0.2) is 18.5 Å². The Bertz CT molecular complexity index is 650. The van der Waals surface area contributed by atoms with Gasteiger partial charge in [-0.1, -0.05) is 13.8 Å². The lowest BCUT2D eigenvalue weighted by molar-refractivity contribution is 0.110. The Morgan fingerprint density at radius 2 is 2.12 bits per heavy atom. The van der Waals surface area contributed by atoms with Crippen LogP contribution in [0.5, 0.6) is 5.88 Å². The predicted molar refractivity (Wildman–Crippen MR) is 93.8 cm³/mol. The summed E-state index contributed by atoms with van der Waals surface area (Å²) in [6, 6.07) is 2.01. The molecule has 0 spiro atoms. The fourth-order valence-corrected chi connectivity index (χ4v) is 2.74. The van der Waals surface area contributed by atoms with Gasteiger partial charge in [0.2, 0.25) is 5.88 Å². The minimum Gasteiger partial charge on any atom is -0.473 e. The maximum atomic E-state index is 5.97. The van der Waals surface area contributed by atoms with E-state index in [1.54, 1.807) is 12.4 Å². The molecule has 24 heavy (non-hydrogen) atoms. The number of nitrogens with one attached hydrogen (secondary N) is 2. The van der Waals surface area contributed by atoms with Gasteiger partial charge in [-0.3, -0.25) is 10.1 Å². The molecule has 7 heteroatoms. The summed E-state index contributed by atoms with van der Waals surface area (Å²) < 4.78 is 5.97. The number of rotatable bonds is 6. The Labute approximate surface area is 142 Å². The summed E-state index contributed by atoms with van der Waals surface area (Å²) in [6.45, 7) is 6.45. The molecule has 2 N–H and O–H groups in total. The molecule has 1 saturated heterocycles. The average Bonchev–Trinajstić information content (AvgIpc) is 3.05. The average molecular weight is 330 g/mol. The molecule has 130 valence electrons. The van der Waals surface area contributed by atoms with Crippen molar-refractivity contribution in [3.63, 3.8) is 0 Å². The van der Waals surface area contributed by atoms with E-state index in [-0.39, 0.29) is 6.10 Å². The molecular formula is C17H26N6O. The highest BCUT2D eigenvalue weighted by Gasteiger charge is 2.18. The largest absolute Gasteiger partial charge is 0.473 e. The monoisotopic (exact) mass is 330 g/mol. The van der Waals surface area contributed by atoms with E-state index in [4.69, 9.17) is 4.74 Å². The van der Waals surface area contributed by atoms with Gasteiger partial charge in [0.1, 0.15) is 6.10 Å². The number of hydrogen-bond acceptors (Lipinski definition) is 6. The third-order valence-electron chi connectivity index (χ3n) is 4.56. The number of piperidine rings is 1. The zero-order chi connectivity index (χ0) is 16.9. The number of H-pyrrole nitrogens is 1. The summed E-state index contributed by atoms with van der Waals surface area (Å²) in [5, 5.41) is 10.5. The summed E-state index contributed by atoms with van der Waals surface area (Å²) in [5.41, 5.74) is 1.12. The molecule has 0 saturated carbocycles. The molecule has 2 aromatic heterocycles. The molecule has 3 heterocycles. The number of hydrogen-bond donors (Lipinski definition) is 2. The third-order valence-corrected chi connectivity index (χ3v) is 4.56. The summed E-state index contributed by atoms with van der Waals surface area (Å²) in [5.74, 6) is 2.41. The fourth-order valence-electron chi connectivity index (χ4n) is 2.74. The molecule has 2 aromatic rings. The molecule has 0 bridgehead atoms. The van der Waals surface area contributed by atoms with Crippen molar-refractivity contribution in [2.24, 2.45) is 0 Å². The molecule has 0 aliphatic carbocycles. The Morgan fingerprint density at radius 3 is 2.88 bits per heavy atom. The minimum atomic E-state index is 0.216. The van der Waals surface area contributed by atoms with E-state index in [0.29, 0.717) is 17.6 Å². The number of ether oxygens (including phenoxy) is 1. The Morgan fingerprint density at radius 1 is 1.33 bits per heavy atom. The quantitative estimate of drug-likeness (QED) is 0.848. The van der Waals surface area contributed by atoms with Crippen LogP contribution in [0.1, 0.15) is 44.7 Å². The SMILES string of the molecule is CC[C@H](C)c1cc(Nc2cncc(OC3CCN(C)CC3)n2)n[nH]1. The normalized spacial score (nSPS) is 17.6. The van der Waals surface area contributed by atoms with Crippen LogP contribution in [-0.2, 0) is 0 Å². The van der Waals surface area contributed by atoms with Crippen molar-refractivity contribution in [2.75, 3.05) is 25.5 Å². The Hall–Kier alpha value is -2.15. The topological polar surface area (TPSA) is 79.0 Å². The van der Waals surface area contributed by atoms with Crippen molar-refractivity contribution in [1.82, 2.24) is 25.1 Å². The molecule has 1 aliphatic rings. The summed E-state index contributed by atoms with van der Waals surface area (Å²) in [4.78, 5) is 11.0. The Balaban J connectivity index is 1.61. The molecule has 3 rings (SSSR count). The highest BCUT2D eigenvalue weighted by Crippen LogP contribution is 2.22. The first-order valence-electron chi connectivity index (χ1n) is 8.63. The maximum Gasteiger partial charge on any atom is 0.234 e. The van der Waals surface area contributed by atoms with Crippen molar-refractivity contribution < 1.29 is 4.74 Å². The van der Waals surface area contributed by atoms with Crippen molar-refractivity contribution in [1.29, 1.82) is 0 Å². The van der Waals surface area contributed by atoms with Crippen molar-refractivity contribution in [3.05, 3.63) is 24.2 Å². The van der Waals surface area contributed by atoms with E-state index < -0.39 is 0 Å². The molecule has 1 atom stereocenters. The second kappa shape index (κ2) is 7.61. The van der Waals surface area contributed by atoms with Gasteiger partial charge in [-0.2, -0.15) is 10.1 Å². The third kappa shape index (κ3) is 4.23. The van der Waals surface area contributed by atoms with Gasteiger partial charge in [-0.05, 0) is 32.2 Å². The second-order valence-corrected chi connectivity index (χ2v) is 6.51.